The number of aromatic nitrogens is 6. The number of aryl methyl sites for hydroxylation is 1. The molecule has 0 saturated carbocycles. The Bertz CT molecular complexity index is 1020. The van der Waals surface area contributed by atoms with Crippen LogP contribution in [0.25, 0.3) is 11.0 Å². The summed E-state index contributed by atoms with van der Waals surface area (Å²) in [6.07, 6.45) is 2.46. The second-order valence-corrected chi connectivity index (χ2v) is 7.86. The molecule has 0 aliphatic carbocycles. The minimum atomic E-state index is 0.107. The van der Waals surface area contributed by atoms with Crippen LogP contribution in [0.1, 0.15) is 19.0 Å². The van der Waals surface area contributed by atoms with E-state index in [-0.39, 0.29) is 5.41 Å². The topological polar surface area (TPSA) is 91.9 Å². The first kappa shape index (κ1) is 16.8. The van der Waals surface area contributed by atoms with Gasteiger partial charge in [0.1, 0.15) is 5.69 Å². The highest BCUT2D eigenvalue weighted by molar-refractivity contribution is 6.34. The zero-order valence-electron chi connectivity index (χ0n) is 15.2. The van der Waals surface area contributed by atoms with E-state index >= 15 is 0 Å². The van der Waals surface area contributed by atoms with E-state index in [0.29, 0.717) is 35.8 Å². The summed E-state index contributed by atoms with van der Waals surface area (Å²) in [6.45, 7) is 7.67. The van der Waals surface area contributed by atoms with Crippen molar-refractivity contribution in [1.29, 1.82) is 0 Å². The third kappa shape index (κ3) is 2.81. The molecule has 0 aromatic carbocycles. The highest BCUT2D eigenvalue weighted by Crippen LogP contribution is 2.35. The highest BCUT2D eigenvalue weighted by Gasteiger charge is 2.35. The van der Waals surface area contributed by atoms with Crippen LogP contribution < -0.4 is 10.1 Å². The molecule has 142 valence electrons. The molecule has 1 fully saturated rings. The van der Waals surface area contributed by atoms with Crippen LogP contribution in [0.2, 0.25) is 5.15 Å². The average molecular weight is 390 g/mol. The Hall–Kier alpha value is -2.39. The first-order valence-corrected chi connectivity index (χ1v) is 9.34. The van der Waals surface area contributed by atoms with E-state index in [0.717, 1.165) is 42.9 Å². The molecule has 0 unspecified atom stereocenters. The summed E-state index contributed by atoms with van der Waals surface area (Å²) in [6, 6.07) is 0. The van der Waals surface area contributed by atoms with Gasteiger partial charge in [0, 0.05) is 24.6 Å². The van der Waals surface area contributed by atoms with Crippen molar-refractivity contribution in [2.75, 3.05) is 25.1 Å². The Morgan fingerprint density at radius 3 is 2.96 bits per heavy atom. The van der Waals surface area contributed by atoms with Gasteiger partial charge < -0.3 is 14.8 Å². The Kier molecular flexibility index (Phi) is 3.76. The summed E-state index contributed by atoms with van der Waals surface area (Å²) >= 11 is 6.20. The predicted molar refractivity (Wildman–Crippen MR) is 99.6 cm³/mol. The standard InChI is InChI=1S/C17H20ClN7O2/c1-10-12-15(23-25(10)7-17(2)8-26-9-17)27-5-3-4-24-14-11(13(18)22-24)6-19-16(20-12)21-14/h6H,3-5,7-9H2,1-2H3,(H,19,20,21). The fraction of sp³-hybridized carbons (Fsp3) is 0.529. The molecule has 27 heavy (non-hydrogen) atoms. The van der Waals surface area contributed by atoms with Gasteiger partial charge in [-0.3, -0.25) is 4.68 Å². The molecule has 0 spiro atoms. The van der Waals surface area contributed by atoms with Gasteiger partial charge in [-0.15, -0.1) is 5.10 Å². The largest absolute Gasteiger partial charge is 0.475 e. The minimum absolute atomic E-state index is 0.107. The quantitative estimate of drug-likeness (QED) is 0.720. The van der Waals surface area contributed by atoms with Crippen LogP contribution in [0.4, 0.5) is 11.6 Å². The molecule has 0 atom stereocenters. The van der Waals surface area contributed by atoms with Gasteiger partial charge >= 0.3 is 0 Å². The minimum Gasteiger partial charge on any atom is -0.475 e. The Morgan fingerprint density at radius 1 is 1.33 bits per heavy atom. The van der Waals surface area contributed by atoms with Crippen LogP contribution in [-0.4, -0.2) is 49.3 Å². The maximum Gasteiger partial charge on any atom is 0.257 e. The van der Waals surface area contributed by atoms with Crippen LogP contribution in [0.15, 0.2) is 6.20 Å². The number of halogens is 1. The predicted octanol–water partition coefficient (Wildman–Crippen LogP) is 2.55. The monoisotopic (exact) mass is 389 g/mol. The Labute approximate surface area is 160 Å². The molecule has 3 aromatic rings. The van der Waals surface area contributed by atoms with Crippen LogP contribution >= 0.6 is 11.6 Å². The summed E-state index contributed by atoms with van der Waals surface area (Å²) in [5.41, 5.74) is 2.59. The Balaban J connectivity index is 1.55. The lowest BCUT2D eigenvalue weighted by Gasteiger charge is -2.38. The molecule has 0 amide bonds. The Morgan fingerprint density at radius 2 is 2.19 bits per heavy atom. The molecule has 10 heteroatoms. The highest BCUT2D eigenvalue weighted by atomic mass is 35.5. The lowest BCUT2D eigenvalue weighted by molar-refractivity contribution is -0.111. The van der Waals surface area contributed by atoms with E-state index in [1.807, 2.05) is 11.6 Å². The van der Waals surface area contributed by atoms with Crippen molar-refractivity contribution < 1.29 is 9.47 Å². The van der Waals surface area contributed by atoms with E-state index in [1.165, 1.54) is 0 Å². The molecule has 5 heterocycles. The SMILES string of the molecule is Cc1c2c(nn1CC1(C)COC1)OCCCn1nc(Cl)c3cnc(nc31)N2. The van der Waals surface area contributed by atoms with Gasteiger partial charge in [-0.1, -0.05) is 18.5 Å². The summed E-state index contributed by atoms with van der Waals surface area (Å²) in [4.78, 5) is 9.00. The molecule has 5 rings (SSSR count). The van der Waals surface area contributed by atoms with E-state index in [1.54, 1.807) is 10.9 Å². The van der Waals surface area contributed by atoms with Crippen LogP contribution in [0, 0.1) is 12.3 Å². The lowest BCUT2D eigenvalue weighted by atomic mass is 9.89. The van der Waals surface area contributed by atoms with Crippen LogP contribution in [-0.2, 0) is 17.8 Å². The maximum absolute atomic E-state index is 6.20. The molecular weight excluding hydrogens is 370 g/mol. The number of nitrogens with zero attached hydrogens (tertiary/aromatic N) is 6. The summed E-state index contributed by atoms with van der Waals surface area (Å²) in [5.74, 6) is 1.03. The van der Waals surface area contributed by atoms with Crippen molar-refractivity contribution in [2.45, 2.75) is 33.4 Å². The van der Waals surface area contributed by atoms with Crippen molar-refractivity contribution in [2.24, 2.45) is 5.41 Å². The molecule has 2 aliphatic heterocycles. The van der Waals surface area contributed by atoms with Crippen molar-refractivity contribution in [3.63, 3.8) is 0 Å². The second-order valence-electron chi connectivity index (χ2n) is 7.50. The van der Waals surface area contributed by atoms with E-state index in [4.69, 9.17) is 21.1 Å². The molecule has 2 bridgehead atoms. The van der Waals surface area contributed by atoms with Crippen molar-refractivity contribution >= 4 is 34.3 Å². The van der Waals surface area contributed by atoms with Crippen molar-refractivity contribution in [3.05, 3.63) is 17.0 Å². The number of anilines is 2. The number of hydrogen-bond acceptors (Lipinski definition) is 7. The maximum atomic E-state index is 6.20. The zero-order chi connectivity index (χ0) is 18.6. The third-order valence-electron chi connectivity index (χ3n) is 5.04. The molecular formula is C17H20ClN7O2. The summed E-state index contributed by atoms with van der Waals surface area (Å²) in [7, 11) is 0. The number of ether oxygens (including phenoxy) is 2. The van der Waals surface area contributed by atoms with Gasteiger partial charge in [-0.05, 0) is 6.92 Å². The zero-order valence-corrected chi connectivity index (χ0v) is 16.0. The van der Waals surface area contributed by atoms with E-state index in [2.05, 4.69) is 32.4 Å². The molecule has 0 radical (unpaired) electrons. The van der Waals surface area contributed by atoms with E-state index < -0.39 is 0 Å². The fourth-order valence-corrected chi connectivity index (χ4v) is 3.68. The second kappa shape index (κ2) is 6.07. The van der Waals surface area contributed by atoms with Gasteiger partial charge in [-0.2, -0.15) is 10.1 Å². The summed E-state index contributed by atoms with van der Waals surface area (Å²) < 4.78 is 15.1. The molecule has 2 aliphatic rings. The number of fused-ring (bicyclic) bond motifs is 2. The third-order valence-corrected chi connectivity index (χ3v) is 5.32. The van der Waals surface area contributed by atoms with Crippen LogP contribution in [0.5, 0.6) is 5.88 Å². The number of hydrogen-bond donors (Lipinski definition) is 1. The molecule has 3 aromatic heterocycles. The number of rotatable bonds is 2. The fourth-order valence-electron chi connectivity index (χ4n) is 3.45. The van der Waals surface area contributed by atoms with E-state index in [9.17, 15) is 0 Å². The van der Waals surface area contributed by atoms with Gasteiger partial charge in [0.15, 0.2) is 10.8 Å². The van der Waals surface area contributed by atoms with Gasteiger partial charge in [0.2, 0.25) is 5.95 Å². The lowest BCUT2D eigenvalue weighted by Crippen LogP contribution is -2.43. The first-order chi connectivity index (χ1) is 13.0. The average Bonchev–Trinajstić information content (AvgIpc) is 3.08. The molecule has 1 saturated heterocycles. The van der Waals surface area contributed by atoms with Crippen LogP contribution in [0.3, 0.4) is 0 Å². The van der Waals surface area contributed by atoms with Gasteiger partial charge in [0.05, 0.1) is 37.4 Å². The molecule has 9 nitrogen and oxygen atoms in total. The first-order valence-electron chi connectivity index (χ1n) is 8.96. The molecule has 1 N–H and O–H groups in total. The normalized spacial score (nSPS) is 18.3. The van der Waals surface area contributed by atoms with Gasteiger partial charge in [-0.25, -0.2) is 9.67 Å². The van der Waals surface area contributed by atoms with Crippen molar-refractivity contribution in [1.82, 2.24) is 29.5 Å². The number of nitrogens with one attached hydrogen (secondary N) is 1. The van der Waals surface area contributed by atoms with Crippen molar-refractivity contribution in [3.8, 4) is 5.88 Å². The summed E-state index contributed by atoms with van der Waals surface area (Å²) in [5, 5.41) is 13.5. The smallest absolute Gasteiger partial charge is 0.257 e. The van der Waals surface area contributed by atoms with Gasteiger partial charge in [0.25, 0.3) is 5.88 Å².